The molecular formula is C24H30N6O3. The number of hydrazine groups is 1. The highest BCUT2D eigenvalue weighted by Gasteiger charge is 2.44. The Morgan fingerprint density at radius 3 is 2.58 bits per heavy atom. The van der Waals surface area contributed by atoms with Crippen molar-refractivity contribution < 1.29 is 15.5 Å². The zero-order chi connectivity index (χ0) is 23.0. The highest BCUT2D eigenvalue weighted by molar-refractivity contribution is 6.02. The summed E-state index contributed by atoms with van der Waals surface area (Å²) in [6, 6.07) is 14.0. The Labute approximate surface area is 193 Å². The number of benzene rings is 2. The van der Waals surface area contributed by atoms with Crippen LogP contribution in [0.25, 0.3) is 22.2 Å². The molecule has 3 aromatic rings. The molecule has 1 amide bonds. The number of amidine groups is 1. The van der Waals surface area contributed by atoms with E-state index in [1.165, 1.54) is 5.56 Å². The molecule has 1 aromatic heterocycles. The molecule has 2 aromatic carbocycles. The highest BCUT2D eigenvalue weighted by atomic mass is 16.5. The summed E-state index contributed by atoms with van der Waals surface area (Å²) >= 11 is 0. The lowest BCUT2D eigenvalue weighted by Gasteiger charge is -2.42. The fraction of sp³-hybridized carbons (Fsp3) is 0.375. The quantitative estimate of drug-likeness (QED) is 0.235. The fourth-order valence-corrected chi connectivity index (χ4v) is 4.68. The smallest absolute Gasteiger partial charge is 0.233 e. The van der Waals surface area contributed by atoms with Crippen LogP contribution in [-0.4, -0.2) is 48.1 Å². The number of hydrogen-bond donors (Lipinski definition) is 3. The SMILES string of the molecule is CC1(C(=O)N2CCC(c3ccc(-c4onc5ccc(/C(N)=N/NN)cc45)cc3)CC2)COC1.[HH]. The molecule has 5 rings (SSSR count). The van der Waals surface area contributed by atoms with E-state index in [0.717, 1.165) is 48.0 Å². The van der Waals surface area contributed by atoms with E-state index in [1.807, 2.05) is 30.0 Å². The minimum Gasteiger partial charge on any atom is -0.382 e. The summed E-state index contributed by atoms with van der Waals surface area (Å²) in [6.45, 7) is 4.65. The minimum absolute atomic E-state index is 0. The first-order valence-electron chi connectivity index (χ1n) is 11.1. The molecule has 2 saturated heterocycles. The molecule has 0 bridgehead atoms. The molecule has 0 atom stereocenters. The number of nitrogens with zero attached hydrogens (tertiary/aromatic N) is 3. The Balaban J connectivity index is 0.00000274. The normalized spacial score (nSPS) is 18.8. The van der Waals surface area contributed by atoms with Gasteiger partial charge >= 0.3 is 0 Å². The highest BCUT2D eigenvalue weighted by Crippen LogP contribution is 2.35. The van der Waals surface area contributed by atoms with Crippen molar-refractivity contribution in [2.24, 2.45) is 22.1 Å². The van der Waals surface area contributed by atoms with Gasteiger partial charge in [-0.15, -0.1) is 5.10 Å². The summed E-state index contributed by atoms with van der Waals surface area (Å²) in [5, 5.41) is 8.85. The number of fused-ring (bicyclic) bond motifs is 1. The predicted octanol–water partition coefficient (Wildman–Crippen LogP) is 2.57. The van der Waals surface area contributed by atoms with Crippen LogP contribution in [0.15, 0.2) is 52.1 Å². The number of amides is 1. The monoisotopic (exact) mass is 450 g/mol. The van der Waals surface area contributed by atoms with E-state index in [9.17, 15) is 4.79 Å². The molecule has 0 radical (unpaired) electrons. The molecule has 5 N–H and O–H groups in total. The van der Waals surface area contributed by atoms with E-state index < -0.39 is 0 Å². The number of likely N-dealkylation sites (tertiary alicyclic amines) is 1. The van der Waals surface area contributed by atoms with Crippen molar-refractivity contribution in [3.63, 3.8) is 0 Å². The number of ether oxygens (including phenoxy) is 1. The van der Waals surface area contributed by atoms with Gasteiger partial charge < -0.3 is 19.9 Å². The van der Waals surface area contributed by atoms with Crippen molar-refractivity contribution in [3.05, 3.63) is 53.6 Å². The summed E-state index contributed by atoms with van der Waals surface area (Å²) in [5.74, 6) is 6.87. The minimum atomic E-state index is -0.328. The van der Waals surface area contributed by atoms with Gasteiger partial charge in [-0.05, 0) is 49.4 Å². The number of hydrazone groups is 1. The van der Waals surface area contributed by atoms with E-state index >= 15 is 0 Å². The molecule has 9 nitrogen and oxygen atoms in total. The molecule has 0 saturated carbocycles. The Morgan fingerprint density at radius 1 is 1.21 bits per heavy atom. The molecular weight excluding hydrogens is 420 g/mol. The third kappa shape index (κ3) is 3.94. The zero-order valence-electron chi connectivity index (χ0n) is 18.6. The van der Waals surface area contributed by atoms with E-state index in [4.69, 9.17) is 20.8 Å². The van der Waals surface area contributed by atoms with E-state index in [0.29, 0.717) is 24.9 Å². The average molecular weight is 451 g/mol. The van der Waals surface area contributed by atoms with Gasteiger partial charge in [-0.1, -0.05) is 29.4 Å². The number of rotatable bonds is 5. The topological polar surface area (TPSA) is 132 Å². The maximum absolute atomic E-state index is 12.7. The maximum Gasteiger partial charge on any atom is 0.233 e. The van der Waals surface area contributed by atoms with Gasteiger partial charge in [0.2, 0.25) is 5.91 Å². The van der Waals surface area contributed by atoms with Crippen LogP contribution >= 0.6 is 0 Å². The van der Waals surface area contributed by atoms with Crippen LogP contribution in [0.1, 0.15) is 38.2 Å². The Kier molecular flexibility index (Phi) is 5.51. The lowest BCUT2D eigenvalue weighted by atomic mass is 9.84. The largest absolute Gasteiger partial charge is 0.382 e. The van der Waals surface area contributed by atoms with Gasteiger partial charge in [0.05, 0.1) is 24.0 Å². The van der Waals surface area contributed by atoms with Gasteiger partial charge in [0.1, 0.15) is 5.52 Å². The maximum atomic E-state index is 12.7. The van der Waals surface area contributed by atoms with E-state index in [-0.39, 0.29) is 18.6 Å². The molecule has 0 spiro atoms. The zero-order valence-corrected chi connectivity index (χ0v) is 18.6. The first kappa shape index (κ1) is 21.4. The standard InChI is InChI=1S/C24H28N6O3.H2/c1-24(13-32-14-24)23(31)30-10-8-16(9-11-30)15-2-4-17(5-3-15)21-19-12-18(22(25)27-29-26)6-7-20(19)28-33-21;/h2-7,12,16,29H,8-11,13-14,26H2,1H3,(H2,25,27);1H. The van der Waals surface area contributed by atoms with Crippen LogP contribution in [0.2, 0.25) is 0 Å². The first-order chi connectivity index (χ1) is 16.0. The molecule has 0 aliphatic carbocycles. The van der Waals surface area contributed by atoms with Gasteiger partial charge in [-0.2, -0.15) is 0 Å². The van der Waals surface area contributed by atoms with Gasteiger partial charge in [0.25, 0.3) is 0 Å². The summed E-state index contributed by atoms with van der Waals surface area (Å²) in [4.78, 5) is 14.7. The second kappa shape index (κ2) is 8.49. The number of aromatic nitrogens is 1. The Morgan fingerprint density at radius 2 is 1.94 bits per heavy atom. The van der Waals surface area contributed by atoms with Crippen LogP contribution in [0.5, 0.6) is 0 Å². The number of nitrogens with two attached hydrogens (primary N) is 2. The molecule has 174 valence electrons. The summed E-state index contributed by atoms with van der Waals surface area (Å²) < 4.78 is 10.9. The summed E-state index contributed by atoms with van der Waals surface area (Å²) in [5.41, 5.74) is 11.5. The predicted molar refractivity (Wildman–Crippen MR) is 127 cm³/mol. The second-order valence-corrected chi connectivity index (χ2v) is 9.11. The van der Waals surface area contributed by atoms with Gasteiger partial charge in [-0.3, -0.25) is 4.79 Å². The number of hydrogen-bond acceptors (Lipinski definition) is 7. The van der Waals surface area contributed by atoms with Crippen LogP contribution in [0.4, 0.5) is 0 Å². The lowest BCUT2D eigenvalue weighted by Crippen LogP contribution is -2.54. The molecule has 2 aliphatic rings. The summed E-state index contributed by atoms with van der Waals surface area (Å²) in [7, 11) is 0. The first-order valence-corrected chi connectivity index (χ1v) is 11.1. The van der Waals surface area contributed by atoms with Crippen LogP contribution in [0.3, 0.4) is 0 Å². The van der Waals surface area contributed by atoms with E-state index in [1.54, 1.807) is 0 Å². The van der Waals surface area contributed by atoms with Gasteiger partial charge in [0, 0.05) is 25.6 Å². The third-order valence-corrected chi connectivity index (χ3v) is 6.74. The summed E-state index contributed by atoms with van der Waals surface area (Å²) in [6.07, 6.45) is 1.93. The van der Waals surface area contributed by atoms with Crippen molar-refractivity contribution >= 4 is 22.6 Å². The molecule has 33 heavy (non-hydrogen) atoms. The third-order valence-electron chi connectivity index (χ3n) is 6.74. The molecule has 2 fully saturated rings. The van der Waals surface area contributed by atoms with Crippen LogP contribution in [0, 0.1) is 5.41 Å². The van der Waals surface area contributed by atoms with Crippen molar-refractivity contribution in [2.75, 3.05) is 26.3 Å². The van der Waals surface area contributed by atoms with Crippen molar-refractivity contribution in [1.29, 1.82) is 0 Å². The molecule has 0 unspecified atom stereocenters. The second-order valence-electron chi connectivity index (χ2n) is 9.11. The fourth-order valence-electron chi connectivity index (χ4n) is 4.68. The van der Waals surface area contributed by atoms with Crippen LogP contribution < -0.4 is 17.1 Å². The van der Waals surface area contributed by atoms with Crippen molar-refractivity contribution in [1.82, 2.24) is 15.6 Å². The average Bonchev–Trinajstić information content (AvgIpc) is 3.26. The number of carbonyl (C=O) groups is 1. The number of piperidine rings is 1. The van der Waals surface area contributed by atoms with Crippen molar-refractivity contribution in [2.45, 2.75) is 25.7 Å². The van der Waals surface area contributed by atoms with Crippen molar-refractivity contribution in [3.8, 4) is 11.3 Å². The van der Waals surface area contributed by atoms with Gasteiger partial charge in [-0.25, -0.2) is 11.4 Å². The van der Waals surface area contributed by atoms with Gasteiger partial charge in [0.15, 0.2) is 11.6 Å². The van der Waals surface area contributed by atoms with E-state index in [2.05, 4.69) is 40.1 Å². The molecule has 2 aliphatic heterocycles. The number of carbonyl (C=O) groups excluding carboxylic acids is 1. The Hall–Kier alpha value is -3.43. The van der Waals surface area contributed by atoms with Crippen LogP contribution in [-0.2, 0) is 9.53 Å². The Bertz CT molecular complexity index is 1200. The lowest BCUT2D eigenvalue weighted by molar-refractivity contribution is -0.169. The molecule has 9 heteroatoms. The number of nitrogens with one attached hydrogen (secondary N) is 1. The molecule has 3 heterocycles.